The zero-order valence-corrected chi connectivity index (χ0v) is 12.1. The van der Waals surface area contributed by atoms with Crippen LogP contribution in [0.3, 0.4) is 0 Å². The minimum Gasteiger partial charge on any atom is -0.497 e. The summed E-state index contributed by atoms with van der Waals surface area (Å²) in [5.74, 6) is 0.816. The van der Waals surface area contributed by atoms with E-state index in [1.807, 2.05) is 0 Å². The van der Waals surface area contributed by atoms with Crippen molar-refractivity contribution in [1.82, 2.24) is 10.2 Å². The summed E-state index contributed by atoms with van der Waals surface area (Å²) in [6, 6.07) is 5.13. The van der Waals surface area contributed by atoms with Gasteiger partial charge in [0, 0.05) is 13.1 Å². The van der Waals surface area contributed by atoms with Crippen molar-refractivity contribution in [1.29, 1.82) is 0 Å². The van der Waals surface area contributed by atoms with E-state index in [-0.39, 0.29) is 10.9 Å². The lowest BCUT2D eigenvalue weighted by atomic mass is 10.2. The second kappa shape index (κ2) is 6.20. The molecule has 0 saturated heterocycles. The molecule has 1 amide bonds. The first-order valence-electron chi connectivity index (χ1n) is 5.72. The van der Waals surface area contributed by atoms with E-state index in [9.17, 15) is 4.79 Å². The zero-order chi connectivity index (χ0) is 14.5. The highest BCUT2D eigenvalue weighted by molar-refractivity contribution is 7.17. The van der Waals surface area contributed by atoms with E-state index in [1.165, 1.54) is 18.4 Å². The third-order valence-corrected chi connectivity index (χ3v) is 3.43. The molecule has 1 aromatic heterocycles. The molecule has 0 unspecified atom stereocenters. The molecule has 106 valence electrons. The standard InChI is InChI=1S/C12H14N4O3S/c1-13-12-16-15-11(20-12)10(17)14-8-5-4-7(18-2)6-9(8)19-3/h4-6H,1-3H3,(H,13,16)(H,14,17). The number of hydrogen-bond acceptors (Lipinski definition) is 7. The number of hydrogen-bond donors (Lipinski definition) is 2. The third kappa shape index (κ3) is 2.97. The number of benzene rings is 1. The van der Waals surface area contributed by atoms with E-state index in [0.29, 0.717) is 22.3 Å². The van der Waals surface area contributed by atoms with Gasteiger partial charge in [-0.2, -0.15) is 0 Å². The molecule has 0 fully saturated rings. The molecular formula is C12H14N4O3S. The Morgan fingerprint density at radius 2 is 2.05 bits per heavy atom. The summed E-state index contributed by atoms with van der Waals surface area (Å²) in [5.41, 5.74) is 0.541. The van der Waals surface area contributed by atoms with Crippen molar-refractivity contribution < 1.29 is 14.3 Å². The highest BCUT2D eigenvalue weighted by atomic mass is 32.1. The maximum absolute atomic E-state index is 12.0. The summed E-state index contributed by atoms with van der Waals surface area (Å²) in [6.07, 6.45) is 0. The van der Waals surface area contributed by atoms with Crippen molar-refractivity contribution in [2.45, 2.75) is 0 Å². The molecule has 2 N–H and O–H groups in total. The monoisotopic (exact) mass is 294 g/mol. The van der Waals surface area contributed by atoms with Crippen LogP contribution >= 0.6 is 11.3 Å². The first-order chi connectivity index (χ1) is 9.67. The number of nitrogens with one attached hydrogen (secondary N) is 2. The number of aromatic nitrogens is 2. The molecule has 8 heteroatoms. The molecule has 1 heterocycles. The van der Waals surface area contributed by atoms with Crippen LogP contribution in [0.15, 0.2) is 18.2 Å². The van der Waals surface area contributed by atoms with Crippen molar-refractivity contribution in [3.05, 3.63) is 23.2 Å². The van der Waals surface area contributed by atoms with Crippen molar-refractivity contribution in [3.8, 4) is 11.5 Å². The summed E-state index contributed by atoms with van der Waals surface area (Å²) >= 11 is 1.17. The van der Waals surface area contributed by atoms with Gasteiger partial charge in [0.15, 0.2) is 0 Å². The molecule has 0 radical (unpaired) electrons. The van der Waals surface area contributed by atoms with Crippen LogP contribution in [0.5, 0.6) is 11.5 Å². The predicted octanol–water partition coefficient (Wildman–Crippen LogP) is 1.85. The molecular weight excluding hydrogens is 280 g/mol. The van der Waals surface area contributed by atoms with Crippen LogP contribution in [-0.4, -0.2) is 37.4 Å². The first-order valence-corrected chi connectivity index (χ1v) is 6.54. The predicted molar refractivity (Wildman–Crippen MR) is 77.0 cm³/mol. The summed E-state index contributed by atoms with van der Waals surface area (Å²) in [6.45, 7) is 0. The lowest BCUT2D eigenvalue weighted by Gasteiger charge is -2.10. The average Bonchev–Trinajstić information content (AvgIpc) is 2.96. The maximum Gasteiger partial charge on any atom is 0.286 e. The Morgan fingerprint density at radius 1 is 1.25 bits per heavy atom. The molecule has 0 aliphatic carbocycles. The Bertz CT molecular complexity index is 614. The largest absolute Gasteiger partial charge is 0.497 e. The average molecular weight is 294 g/mol. The van der Waals surface area contributed by atoms with Gasteiger partial charge in [0.25, 0.3) is 5.91 Å². The number of carbonyl (C=O) groups is 1. The molecule has 2 aromatic rings. The van der Waals surface area contributed by atoms with Gasteiger partial charge in [0.05, 0.1) is 19.9 Å². The van der Waals surface area contributed by atoms with Crippen molar-refractivity contribution in [2.75, 3.05) is 31.9 Å². The van der Waals surface area contributed by atoms with E-state index in [1.54, 1.807) is 32.4 Å². The van der Waals surface area contributed by atoms with Crippen LogP contribution in [0.25, 0.3) is 0 Å². The second-order valence-electron chi connectivity index (χ2n) is 3.68. The van der Waals surface area contributed by atoms with E-state index < -0.39 is 0 Å². The fourth-order valence-electron chi connectivity index (χ4n) is 1.49. The maximum atomic E-state index is 12.0. The zero-order valence-electron chi connectivity index (χ0n) is 11.3. The fourth-order valence-corrected chi connectivity index (χ4v) is 2.09. The number of carbonyl (C=O) groups excluding carboxylic acids is 1. The second-order valence-corrected chi connectivity index (χ2v) is 4.66. The van der Waals surface area contributed by atoms with Crippen molar-refractivity contribution >= 4 is 28.1 Å². The van der Waals surface area contributed by atoms with Crippen molar-refractivity contribution in [2.24, 2.45) is 0 Å². The van der Waals surface area contributed by atoms with E-state index in [0.717, 1.165) is 0 Å². The van der Waals surface area contributed by atoms with Crippen LogP contribution < -0.4 is 20.1 Å². The van der Waals surface area contributed by atoms with Gasteiger partial charge in [-0.15, -0.1) is 10.2 Å². The lowest BCUT2D eigenvalue weighted by Crippen LogP contribution is -2.12. The molecule has 0 saturated carbocycles. The summed E-state index contributed by atoms with van der Waals surface area (Å²) < 4.78 is 10.3. The number of rotatable bonds is 5. The Balaban J connectivity index is 2.18. The van der Waals surface area contributed by atoms with Crippen molar-refractivity contribution in [3.63, 3.8) is 0 Å². The molecule has 0 aliphatic rings. The Labute approximate surface area is 119 Å². The van der Waals surface area contributed by atoms with Crippen LogP contribution in [0.4, 0.5) is 10.8 Å². The SMILES string of the molecule is CNc1nnc(C(=O)Nc2ccc(OC)cc2OC)s1. The number of nitrogens with zero attached hydrogens (tertiary/aromatic N) is 2. The minimum absolute atomic E-state index is 0.271. The molecule has 0 atom stereocenters. The number of amides is 1. The number of anilines is 2. The van der Waals surface area contributed by atoms with E-state index in [4.69, 9.17) is 9.47 Å². The Hall–Kier alpha value is -2.35. The smallest absolute Gasteiger partial charge is 0.286 e. The van der Waals surface area contributed by atoms with Crippen LogP contribution in [-0.2, 0) is 0 Å². The Morgan fingerprint density at radius 3 is 2.65 bits per heavy atom. The quantitative estimate of drug-likeness (QED) is 0.875. The van der Waals surface area contributed by atoms with Gasteiger partial charge in [-0.1, -0.05) is 11.3 Å². The molecule has 1 aromatic carbocycles. The number of methoxy groups -OCH3 is 2. The Kier molecular flexibility index (Phi) is 4.36. The molecule has 7 nitrogen and oxygen atoms in total. The molecule has 0 spiro atoms. The van der Waals surface area contributed by atoms with Crippen LogP contribution in [0.2, 0.25) is 0 Å². The molecule has 2 rings (SSSR count). The summed E-state index contributed by atoms with van der Waals surface area (Å²) in [7, 11) is 4.80. The van der Waals surface area contributed by atoms with Gasteiger partial charge < -0.3 is 20.1 Å². The van der Waals surface area contributed by atoms with E-state index in [2.05, 4.69) is 20.8 Å². The topological polar surface area (TPSA) is 85.4 Å². The highest BCUT2D eigenvalue weighted by Gasteiger charge is 2.15. The first kappa shape index (κ1) is 14.1. The molecule has 0 aliphatic heterocycles. The highest BCUT2D eigenvalue weighted by Crippen LogP contribution is 2.29. The van der Waals surface area contributed by atoms with Gasteiger partial charge in [0.2, 0.25) is 10.1 Å². The van der Waals surface area contributed by atoms with Crippen LogP contribution in [0.1, 0.15) is 9.80 Å². The van der Waals surface area contributed by atoms with Gasteiger partial charge in [-0.05, 0) is 12.1 Å². The normalized spacial score (nSPS) is 9.95. The number of ether oxygens (including phenoxy) is 2. The molecule has 20 heavy (non-hydrogen) atoms. The van der Waals surface area contributed by atoms with Gasteiger partial charge in [-0.3, -0.25) is 4.79 Å². The minimum atomic E-state index is -0.340. The van der Waals surface area contributed by atoms with Gasteiger partial charge in [-0.25, -0.2) is 0 Å². The summed E-state index contributed by atoms with van der Waals surface area (Å²) in [4.78, 5) is 12.0. The lowest BCUT2D eigenvalue weighted by molar-refractivity contribution is 0.102. The fraction of sp³-hybridized carbons (Fsp3) is 0.250. The van der Waals surface area contributed by atoms with Gasteiger partial charge in [0.1, 0.15) is 11.5 Å². The molecule has 0 bridgehead atoms. The van der Waals surface area contributed by atoms with Gasteiger partial charge >= 0.3 is 0 Å². The van der Waals surface area contributed by atoms with Crippen LogP contribution in [0, 0.1) is 0 Å². The van der Waals surface area contributed by atoms with E-state index >= 15 is 0 Å². The summed E-state index contributed by atoms with van der Waals surface area (Å²) in [5, 5.41) is 14.0. The third-order valence-electron chi connectivity index (χ3n) is 2.49.